The van der Waals surface area contributed by atoms with Crippen molar-refractivity contribution in [3.63, 3.8) is 0 Å². The normalized spacial score (nSPS) is 10.8. The van der Waals surface area contributed by atoms with Crippen molar-refractivity contribution >= 4 is 23.2 Å². The van der Waals surface area contributed by atoms with E-state index in [2.05, 4.69) is 12.0 Å². The van der Waals surface area contributed by atoms with E-state index in [0.29, 0.717) is 10.0 Å². The first-order valence-electron chi connectivity index (χ1n) is 5.09. The highest BCUT2D eigenvalue weighted by molar-refractivity contribution is 6.36. The van der Waals surface area contributed by atoms with E-state index >= 15 is 0 Å². The zero-order valence-electron chi connectivity index (χ0n) is 9.17. The first-order chi connectivity index (χ1) is 7.61. The lowest BCUT2D eigenvalue weighted by Crippen LogP contribution is -1.89. The van der Waals surface area contributed by atoms with E-state index in [4.69, 9.17) is 23.2 Å². The second-order valence-electron chi connectivity index (χ2n) is 3.64. The minimum absolute atomic E-state index is 0.649. The zero-order chi connectivity index (χ0) is 11.7. The molecule has 4 heteroatoms. The van der Waals surface area contributed by atoms with Crippen molar-refractivity contribution in [1.29, 1.82) is 0 Å². The van der Waals surface area contributed by atoms with Gasteiger partial charge in [-0.3, -0.25) is 4.68 Å². The molecule has 0 radical (unpaired) electrons. The van der Waals surface area contributed by atoms with Crippen molar-refractivity contribution < 1.29 is 0 Å². The smallest absolute Gasteiger partial charge is 0.0700 e. The Kier molecular flexibility index (Phi) is 3.22. The molecule has 0 amide bonds. The van der Waals surface area contributed by atoms with Gasteiger partial charge in [0.05, 0.1) is 5.69 Å². The molecule has 0 aliphatic carbocycles. The highest BCUT2D eigenvalue weighted by Crippen LogP contribution is 2.32. The van der Waals surface area contributed by atoms with Crippen LogP contribution >= 0.6 is 23.2 Å². The van der Waals surface area contributed by atoms with Crippen molar-refractivity contribution in [2.45, 2.75) is 13.3 Å². The Morgan fingerprint density at radius 3 is 2.62 bits per heavy atom. The second-order valence-corrected chi connectivity index (χ2v) is 4.48. The summed E-state index contributed by atoms with van der Waals surface area (Å²) >= 11 is 12.1. The lowest BCUT2D eigenvalue weighted by molar-refractivity contribution is 0.746. The predicted octanol–water partition coefficient (Wildman–Crippen LogP) is 3.96. The van der Waals surface area contributed by atoms with E-state index in [1.165, 1.54) is 0 Å². The fourth-order valence-corrected chi connectivity index (χ4v) is 2.24. The molecule has 0 unspecified atom stereocenters. The van der Waals surface area contributed by atoms with Gasteiger partial charge in [0.15, 0.2) is 0 Å². The van der Waals surface area contributed by atoms with Crippen molar-refractivity contribution in [2.24, 2.45) is 7.05 Å². The molecule has 1 aromatic heterocycles. The van der Waals surface area contributed by atoms with Crippen LogP contribution in [0.4, 0.5) is 0 Å². The number of aryl methyl sites for hydroxylation is 2. The van der Waals surface area contributed by atoms with Gasteiger partial charge in [-0.25, -0.2) is 0 Å². The molecular weight excluding hydrogens is 243 g/mol. The maximum Gasteiger partial charge on any atom is 0.0700 e. The molecule has 0 aliphatic heterocycles. The first kappa shape index (κ1) is 11.5. The molecule has 0 N–H and O–H groups in total. The maximum atomic E-state index is 6.18. The van der Waals surface area contributed by atoms with E-state index in [1.54, 1.807) is 10.7 Å². The van der Waals surface area contributed by atoms with Gasteiger partial charge in [-0.1, -0.05) is 36.2 Å². The molecule has 1 aromatic carbocycles. The summed E-state index contributed by atoms with van der Waals surface area (Å²) in [6.45, 7) is 2.08. The third-order valence-corrected chi connectivity index (χ3v) is 3.01. The van der Waals surface area contributed by atoms with Crippen LogP contribution in [-0.2, 0) is 13.5 Å². The van der Waals surface area contributed by atoms with Gasteiger partial charge < -0.3 is 0 Å². The van der Waals surface area contributed by atoms with Crippen molar-refractivity contribution in [3.8, 4) is 11.1 Å². The third kappa shape index (κ3) is 2.08. The highest BCUT2D eigenvalue weighted by Gasteiger charge is 2.11. The minimum Gasteiger partial charge on any atom is -0.275 e. The number of aromatic nitrogens is 2. The lowest BCUT2D eigenvalue weighted by atomic mass is 10.1. The number of rotatable bonds is 2. The van der Waals surface area contributed by atoms with Gasteiger partial charge in [-0.15, -0.1) is 0 Å². The molecule has 16 heavy (non-hydrogen) atoms. The number of benzene rings is 1. The number of halogens is 2. The SMILES string of the molecule is CCc1nn(C)cc1-c1ccc(Cl)cc1Cl. The van der Waals surface area contributed by atoms with Crippen molar-refractivity contribution in [1.82, 2.24) is 9.78 Å². The summed E-state index contributed by atoms with van der Waals surface area (Å²) in [7, 11) is 1.91. The van der Waals surface area contributed by atoms with Crippen LogP contribution in [-0.4, -0.2) is 9.78 Å². The van der Waals surface area contributed by atoms with E-state index < -0.39 is 0 Å². The molecule has 2 rings (SSSR count). The maximum absolute atomic E-state index is 6.18. The fraction of sp³-hybridized carbons (Fsp3) is 0.250. The Morgan fingerprint density at radius 2 is 2.00 bits per heavy atom. The summed E-state index contributed by atoms with van der Waals surface area (Å²) < 4.78 is 1.80. The van der Waals surface area contributed by atoms with Crippen molar-refractivity contribution in [3.05, 3.63) is 40.1 Å². The van der Waals surface area contributed by atoms with Crippen LogP contribution in [0.3, 0.4) is 0 Å². The molecule has 1 heterocycles. The Labute approximate surface area is 105 Å². The molecule has 0 saturated heterocycles. The Morgan fingerprint density at radius 1 is 1.25 bits per heavy atom. The summed E-state index contributed by atoms with van der Waals surface area (Å²) in [5.41, 5.74) is 3.11. The number of hydrogen-bond donors (Lipinski definition) is 0. The van der Waals surface area contributed by atoms with Gasteiger partial charge in [0.2, 0.25) is 0 Å². The van der Waals surface area contributed by atoms with Crippen LogP contribution in [0.5, 0.6) is 0 Å². The average Bonchev–Trinajstić information content (AvgIpc) is 2.59. The molecule has 0 saturated carbocycles. The summed E-state index contributed by atoms with van der Waals surface area (Å²) in [5, 5.41) is 5.71. The standard InChI is InChI=1S/C12H12Cl2N2/c1-3-12-10(7-16(2)15-12)9-5-4-8(13)6-11(9)14/h4-7H,3H2,1-2H3. The van der Waals surface area contributed by atoms with Gasteiger partial charge in [0.1, 0.15) is 0 Å². The van der Waals surface area contributed by atoms with Crippen LogP contribution in [0.2, 0.25) is 10.0 Å². The van der Waals surface area contributed by atoms with E-state index in [-0.39, 0.29) is 0 Å². The molecule has 0 bridgehead atoms. The molecule has 84 valence electrons. The second kappa shape index (κ2) is 4.48. The molecule has 2 aromatic rings. The Hall–Kier alpha value is -0.990. The summed E-state index contributed by atoms with van der Waals surface area (Å²) in [4.78, 5) is 0. The molecule has 0 aliphatic rings. The average molecular weight is 255 g/mol. The quantitative estimate of drug-likeness (QED) is 0.794. The van der Waals surface area contributed by atoms with Crippen LogP contribution in [0.25, 0.3) is 11.1 Å². The molecule has 2 nitrogen and oxygen atoms in total. The largest absolute Gasteiger partial charge is 0.275 e. The molecular formula is C12H12Cl2N2. The summed E-state index contributed by atoms with van der Waals surface area (Å²) in [6, 6.07) is 5.53. The molecule has 0 atom stereocenters. The monoisotopic (exact) mass is 254 g/mol. The fourth-order valence-electron chi connectivity index (χ4n) is 1.73. The van der Waals surface area contributed by atoms with Crippen molar-refractivity contribution in [2.75, 3.05) is 0 Å². The van der Waals surface area contributed by atoms with Gasteiger partial charge in [-0.05, 0) is 18.6 Å². The first-order valence-corrected chi connectivity index (χ1v) is 5.85. The van der Waals surface area contributed by atoms with Crippen LogP contribution < -0.4 is 0 Å². The summed E-state index contributed by atoms with van der Waals surface area (Å²) in [5.74, 6) is 0. The van der Waals surface area contributed by atoms with Crippen LogP contribution in [0, 0.1) is 0 Å². The van der Waals surface area contributed by atoms with E-state index in [1.807, 2.05) is 25.4 Å². The van der Waals surface area contributed by atoms with Crippen LogP contribution in [0.1, 0.15) is 12.6 Å². The van der Waals surface area contributed by atoms with E-state index in [9.17, 15) is 0 Å². The Balaban J connectivity index is 2.57. The molecule has 0 fully saturated rings. The van der Waals surface area contributed by atoms with Gasteiger partial charge in [-0.2, -0.15) is 5.10 Å². The molecule has 0 spiro atoms. The summed E-state index contributed by atoms with van der Waals surface area (Å²) in [6.07, 6.45) is 2.86. The van der Waals surface area contributed by atoms with Gasteiger partial charge >= 0.3 is 0 Å². The highest BCUT2D eigenvalue weighted by atomic mass is 35.5. The number of hydrogen-bond acceptors (Lipinski definition) is 1. The number of nitrogens with zero attached hydrogens (tertiary/aromatic N) is 2. The topological polar surface area (TPSA) is 17.8 Å². The lowest BCUT2D eigenvalue weighted by Gasteiger charge is -2.03. The Bertz CT molecular complexity index is 518. The zero-order valence-corrected chi connectivity index (χ0v) is 10.7. The van der Waals surface area contributed by atoms with Gasteiger partial charge in [0, 0.05) is 34.4 Å². The third-order valence-electron chi connectivity index (χ3n) is 2.46. The minimum atomic E-state index is 0.649. The van der Waals surface area contributed by atoms with Gasteiger partial charge in [0.25, 0.3) is 0 Å². The van der Waals surface area contributed by atoms with E-state index in [0.717, 1.165) is 23.2 Å². The van der Waals surface area contributed by atoms with Crippen LogP contribution in [0.15, 0.2) is 24.4 Å². The predicted molar refractivity (Wildman–Crippen MR) is 68.0 cm³/mol.